The Kier molecular flexibility index (Phi) is 1.93. The van der Waals surface area contributed by atoms with E-state index in [2.05, 4.69) is 4.90 Å². The third-order valence-electron chi connectivity index (χ3n) is 1.98. The van der Waals surface area contributed by atoms with Gasteiger partial charge in [0.2, 0.25) is 0 Å². The molecular weight excluding hydrogens is 128 g/mol. The van der Waals surface area contributed by atoms with Gasteiger partial charge in [-0.2, -0.15) is 5.26 Å². The van der Waals surface area contributed by atoms with Crippen molar-refractivity contribution in [1.29, 1.82) is 5.26 Å². The Labute approximate surface area is 60.9 Å². The van der Waals surface area contributed by atoms with Gasteiger partial charge in [-0.15, -0.1) is 0 Å². The molecule has 0 aromatic heterocycles. The highest BCUT2D eigenvalue weighted by Gasteiger charge is 2.34. The van der Waals surface area contributed by atoms with Crippen LogP contribution in [-0.2, 0) is 0 Å². The number of likely N-dealkylation sites (tertiary alicyclic amines) is 1. The van der Waals surface area contributed by atoms with Crippen LogP contribution in [0.15, 0.2) is 0 Å². The highest BCUT2D eigenvalue weighted by atomic mass is 16.3. The standard InChI is InChI=1S/C7H12N2O/c1-2-9-4-3-7(10,5-8)6-9/h10H,2-4,6H2,1H3. The summed E-state index contributed by atoms with van der Waals surface area (Å²) in [6, 6.07) is 1.92. The van der Waals surface area contributed by atoms with Gasteiger partial charge >= 0.3 is 0 Å². The lowest BCUT2D eigenvalue weighted by atomic mass is 10.1. The van der Waals surface area contributed by atoms with Crippen LogP contribution in [0.2, 0.25) is 0 Å². The molecule has 56 valence electrons. The molecule has 0 aromatic rings. The molecule has 0 bridgehead atoms. The number of nitrogens with zero attached hydrogens (tertiary/aromatic N) is 2. The van der Waals surface area contributed by atoms with Crippen molar-refractivity contribution in [3.63, 3.8) is 0 Å². The predicted octanol–water partition coefficient (Wildman–Crippen LogP) is -0.0333. The van der Waals surface area contributed by atoms with Crippen molar-refractivity contribution in [2.45, 2.75) is 18.9 Å². The molecule has 1 heterocycles. The van der Waals surface area contributed by atoms with Gasteiger partial charge in [-0.1, -0.05) is 6.92 Å². The lowest BCUT2D eigenvalue weighted by Crippen LogP contribution is -2.31. The molecule has 1 rings (SSSR count). The van der Waals surface area contributed by atoms with E-state index in [4.69, 9.17) is 5.26 Å². The molecule has 1 fully saturated rings. The van der Waals surface area contributed by atoms with Crippen LogP contribution in [0.3, 0.4) is 0 Å². The van der Waals surface area contributed by atoms with Crippen molar-refractivity contribution in [1.82, 2.24) is 4.90 Å². The number of hydrogen-bond acceptors (Lipinski definition) is 3. The minimum absolute atomic E-state index is 0.514. The van der Waals surface area contributed by atoms with Crippen molar-refractivity contribution < 1.29 is 5.11 Å². The predicted molar refractivity (Wildman–Crippen MR) is 37.3 cm³/mol. The van der Waals surface area contributed by atoms with E-state index < -0.39 is 5.60 Å². The van der Waals surface area contributed by atoms with Crippen LogP contribution in [-0.4, -0.2) is 35.2 Å². The molecule has 3 nitrogen and oxygen atoms in total. The summed E-state index contributed by atoms with van der Waals surface area (Å²) >= 11 is 0. The molecule has 1 aliphatic rings. The maximum atomic E-state index is 9.40. The first-order chi connectivity index (χ1) is 4.70. The first-order valence-electron chi connectivity index (χ1n) is 3.56. The topological polar surface area (TPSA) is 47.3 Å². The van der Waals surface area contributed by atoms with Crippen molar-refractivity contribution in [2.24, 2.45) is 0 Å². The minimum Gasteiger partial charge on any atom is -0.374 e. The van der Waals surface area contributed by atoms with Gasteiger partial charge in [0.25, 0.3) is 0 Å². The van der Waals surface area contributed by atoms with Crippen molar-refractivity contribution in [3.05, 3.63) is 0 Å². The van der Waals surface area contributed by atoms with Crippen LogP contribution in [0.25, 0.3) is 0 Å². The second-order valence-electron chi connectivity index (χ2n) is 2.76. The van der Waals surface area contributed by atoms with Crippen molar-refractivity contribution in [2.75, 3.05) is 19.6 Å². The quantitative estimate of drug-likeness (QED) is 0.520. The summed E-state index contributed by atoms with van der Waals surface area (Å²) < 4.78 is 0. The molecular formula is C7H12N2O. The van der Waals surface area contributed by atoms with Gasteiger partial charge in [-0.25, -0.2) is 0 Å². The summed E-state index contributed by atoms with van der Waals surface area (Å²) in [5.74, 6) is 0. The second kappa shape index (κ2) is 2.57. The highest BCUT2D eigenvalue weighted by molar-refractivity contribution is 5.06. The molecule has 1 aliphatic heterocycles. The molecule has 1 unspecified atom stereocenters. The molecule has 0 saturated carbocycles. The van der Waals surface area contributed by atoms with E-state index in [1.54, 1.807) is 0 Å². The Morgan fingerprint density at radius 3 is 2.80 bits per heavy atom. The summed E-state index contributed by atoms with van der Waals surface area (Å²) in [7, 11) is 0. The van der Waals surface area contributed by atoms with E-state index in [1.807, 2.05) is 13.0 Å². The third-order valence-corrected chi connectivity index (χ3v) is 1.98. The first-order valence-corrected chi connectivity index (χ1v) is 3.56. The van der Waals surface area contributed by atoms with E-state index >= 15 is 0 Å². The summed E-state index contributed by atoms with van der Waals surface area (Å²) in [5.41, 5.74) is -1.06. The van der Waals surface area contributed by atoms with Crippen LogP contribution < -0.4 is 0 Å². The van der Waals surface area contributed by atoms with Gasteiger partial charge in [0.15, 0.2) is 5.60 Å². The van der Waals surface area contributed by atoms with E-state index in [1.165, 1.54) is 0 Å². The number of hydrogen-bond donors (Lipinski definition) is 1. The summed E-state index contributed by atoms with van der Waals surface area (Å²) in [6.07, 6.45) is 0.595. The zero-order valence-electron chi connectivity index (χ0n) is 6.17. The average Bonchev–Trinajstić information content (AvgIpc) is 2.33. The maximum Gasteiger partial charge on any atom is 0.164 e. The van der Waals surface area contributed by atoms with E-state index in [0.717, 1.165) is 13.1 Å². The van der Waals surface area contributed by atoms with Crippen LogP contribution in [0.4, 0.5) is 0 Å². The largest absolute Gasteiger partial charge is 0.374 e. The molecule has 0 spiro atoms. The summed E-state index contributed by atoms with van der Waals surface area (Å²) in [4.78, 5) is 2.07. The molecule has 3 heteroatoms. The van der Waals surface area contributed by atoms with Gasteiger partial charge in [0.1, 0.15) is 0 Å². The number of rotatable bonds is 1. The molecule has 10 heavy (non-hydrogen) atoms. The Morgan fingerprint density at radius 2 is 2.50 bits per heavy atom. The Bertz CT molecular complexity index is 163. The Morgan fingerprint density at radius 1 is 1.80 bits per heavy atom. The molecule has 0 radical (unpaired) electrons. The lowest BCUT2D eigenvalue weighted by Gasteiger charge is -2.13. The van der Waals surface area contributed by atoms with Gasteiger partial charge in [-0.05, 0) is 6.54 Å². The number of nitriles is 1. The fourth-order valence-corrected chi connectivity index (χ4v) is 1.23. The lowest BCUT2D eigenvalue weighted by molar-refractivity contribution is 0.107. The van der Waals surface area contributed by atoms with Crippen LogP contribution >= 0.6 is 0 Å². The number of β-amino-alcohol motifs (C(OH)–C–C–N with tert-alkyl or cyclic N) is 1. The van der Waals surface area contributed by atoms with Crippen LogP contribution in [0, 0.1) is 11.3 Å². The van der Waals surface area contributed by atoms with Gasteiger partial charge < -0.3 is 5.11 Å². The number of aliphatic hydroxyl groups is 1. The SMILES string of the molecule is CCN1CCC(O)(C#N)C1. The average molecular weight is 140 g/mol. The monoisotopic (exact) mass is 140 g/mol. The first kappa shape index (κ1) is 7.52. The molecule has 1 atom stereocenters. The second-order valence-corrected chi connectivity index (χ2v) is 2.76. The minimum atomic E-state index is -1.06. The maximum absolute atomic E-state index is 9.40. The zero-order chi connectivity index (χ0) is 7.61. The Hall–Kier alpha value is -0.590. The molecule has 0 aromatic carbocycles. The summed E-state index contributed by atoms with van der Waals surface area (Å²) in [5, 5.41) is 17.9. The summed E-state index contributed by atoms with van der Waals surface area (Å²) in [6.45, 7) is 4.31. The fraction of sp³-hybridized carbons (Fsp3) is 0.857. The van der Waals surface area contributed by atoms with Gasteiger partial charge in [-0.3, -0.25) is 4.90 Å². The third kappa shape index (κ3) is 1.28. The molecule has 1 saturated heterocycles. The van der Waals surface area contributed by atoms with Gasteiger partial charge in [0.05, 0.1) is 6.07 Å². The van der Waals surface area contributed by atoms with Gasteiger partial charge in [0, 0.05) is 19.5 Å². The van der Waals surface area contributed by atoms with Crippen molar-refractivity contribution >= 4 is 0 Å². The molecule has 0 amide bonds. The molecule has 0 aliphatic carbocycles. The Balaban J connectivity index is 2.51. The number of likely N-dealkylation sites (N-methyl/N-ethyl adjacent to an activating group) is 1. The van der Waals surface area contributed by atoms with E-state index in [-0.39, 0.29) is 0 Å². The van der Waals surface area contributed by atoms with Crippen molar-refractivity contribution in [3.8, 4) is 6.07 Å². The van der Waals surface area contributed by atoms with E-state index in [9.17, 15) is 5.11 Å². The highest BCUT2D eigenvalue weighted by Crippen LogP contribution is 2.19. The molecule has 1 N–H and O–H groups in total. The normalized spacial score (nSPS) is 34.1. The van der Waals surface area contributed by atoms with Crippen LogP contribution in [0.1, 0.15) is 13.3 Å². The van der Waals surface area contributed by atoms with Crippen LogP contribution in [0.5, 0.6) is 0 Å². The fourth-order valence-electron chi connectivity index (χ4n) is 1.23. The smallest absolute Gasteiger partial charge is 0.164 e. The van der Waals surface area contributed by atoms with E-state index in [0.29, 0.717) is 13.0 Å². The zero-order valence-corrected chi connectivity index (χ0v) is 6.17.